The van der Waals surface area contributed by atoms with Gasteiger partial charge in [0.2, 0.25) is 0 Å². The molecular formula is C10H21NO3. The molecule has 0 unspecified atom stereocenters. The third-order valence-electron chi connectivity index (χ3n) is 1.84. The first kappa shape index (κ1) is 13.4. The normalized spacial score (nSPS) is 13.1. The maximum Gasteiger partial charge on any atom is 0.303 e. The smallest absolute Gasteiger partial charge is 0.303 e. The summed E-state index contributed by atoms with van der Waals surface area (Å²) in [5.41, 5.74) is 5.39. The average Bonchev–Trinajstić information content (AvgIpc) is 2.02. The summed E-state index contributed by atoms with van der Waals surface area (Å²) in [5.74, 6) is -0.244. The van der Waals surface area contributed by atoms with Crippen LogP contribution in [0.4, 0.5) is 0 Å². The molecule has 0 aromatic rings. The fourth-order valence-electron chi connectivity index (χ4n) is 1.20. The Balaban J connectivity index is 3.67. The maximum absolute atomic E-state index is 10.5. The lowest BCUT2D eigenvalue weighted by atomic mass is 10.0. The minimum Gasteiger partial charge on any atom is -0.481 e. The Hall–Kier alpha value is -0.610. The molecule has 4 nitrogen and oxygen atoms in total. The van der Waals surface area contributed by atoms with E-state index in [0.29, 0.717) is 32.1 Å². The highest BCUT2D eigenvalue weighted by molar-refractivity contribution is 5.67. The van der Waals surface area contributed by atoms with Gasteiger partial charge >= 0.3 is 5.97 Å². The van der Waals surface area contributed by atoms with Crippen molar-refractivity contribution < 1.29 is 14.6 Å². The molecule has 0 spiro atoms. The Labute approximate surface area is 85.4 Å². The lowest BCUT2D eigenvalue weighted by molar-refractivity contribution is -0.138. The van der Waals surface area contributed by atoms with Crippen molar-refractivity contribution in [1.82, 2.24) is 0 Å². The van der Waals surface area contributed by atoms with Crippen molar-refractivity contribution in [2.24, 2.45) is 17.6 Å². The van der Waals surface area contributed by atoms with E-state index < -0.39 is 5.97 Å². The van der Waals surface area contributed by atoms with Crippen LogP contribution in [0.1, 0.15) is 26.7 Å². The molecule has 0 aliphatic rings. The zero-order valence-corrected chi connectivity index (χ0v) is 9.03. The fraction of sp³-hybridized carbons (Fsp3) is 0.900. The van der Waals surface area contributed by atoms with Crippen molar-refractivity contribution in [2.45, 2.75) is 26.7 Å². The van der Waals surface area contributed by atoms with Crippen molar-refractivity contribution in [2.75, 3.05) is 19.8 Å². The Kier molecular flexibility index (Phi) is 7.42. The predicted octanol–water partition coefficient (Wildman–Crippen LogP) is 1.10. The Bertz CT molecular complexity index is 159. The number of ether oxygens (including phenoxy) is 1. The number of hydrogen-bond donors (Lipinski definition) is 2. The molecule has 0 amide bonds. The van der Waals surface area contributed by atoms with E-state index in [-0.39, 0.29) is 12.3 Å². The van der Waals surface area contributed by atoms with Crippen molar-refractivity contribution in [1.29, 1.82) is 0 Å². The Morgan fingerprint density at radius 1 is 1.43 bits per heavy atom. The van der Waals surface area contributed by atoms with Crippen molar-refractivity contribution in [3.8, 4) is 0 Å². The van der Waals surface area contributed by atoms with E-state index >= 15 is 0 Å². The molecule has 4 heteroatoms. The molecule has 1 atom stereocenters. The summed E-state index contributed by atoms with van der Waals surface area (Å²) in [7, 11) is 0. The van der Waals surface area contributed by atoms with Gasteiger partial charge < -0.3 is 15.6 Å². The summed E-state index contributed by atoms with van der Waals surface area (Å²) in [5, 5.41) is 8.62. The van der Waals surface area contributed by atoms with Crippen LogP contribution < -0.4 is 5.73 Å². The molecule has 0 heterocycles. The Morgan fingerprint density at radius 3 is 2.50 bits per heavy atom. The molecule has 0 saturated heterocycles. The van der Waals surface area contributed by atoms with Crippen molar-refractivity contribution in [3.63, 3.8) is 0 Å². The van der Waals surface area contributed by atoms with Gasteiger partial charge in [-0.3, -0.25) is 4.79 Å². The second-order valence-electron chi connectivity index (χ2n) is 3.97. The zero-order chi connectivity index (χ0) is 11.0. The van der Waals surface area contributed by atoms with E-state index in [1.807, 2.05) is 0 Å². The first-order valence-electron chi connectivity index (χ1n) is 5.05. The van der Waals surface area contributed by atoms with Crippen LogP contribution in [-0.4, -0.2) is 30.8 Å². The van der Waals surface area contributed by atoms with E-state index in [4.69, 9.17) is 15.6 Å². The van der Waals surface area contributed by atoms with E-state index in [0.717, 1.165) is 0 Å². The fourth-order valence-corrected chi connectivity index (χ4v) is 1.20. The number of hydrogen-bond acceptors (Lipinski definition) is 3. The Morgan fingerprint density at radius 2 is 2.07 bits per heavy atom. The van der Waals surface area contributed by atoms with E-state index in [2.05, 4.69) is 13.8 Å². The minimum atomic E-state index is -0.781. The second-order valence-corrected chi connectivity index (χ2v) is 3.97. The van der Waals surface area contributed by atoms with Crippen LogP contribution in [0.25, 0.3) is 0 Å². The van der Waals surface area contributed by atoms with Gasteiger partial charge in [0.25, 0.3) is 0 Å². The number of rotatable bonds is 8. The highest BCUT2D eigenvalue weighted by Crippen LogP contribution is 2.09. The van der Waals surface area contributed by atoms with E-state index in [9.17, 15) is 4.79 Å². The summed E-state index contributed by atoms with van der Waals surface area (Å²) in [6, 6.07) is 0. The van der Waals surface area contributed by atoms with E-state index in [1.54, 1.807) is 0 Å². The van der Waals surface area contributed by atoms with Gasteiger partial charge in [0.15, 0.2) is 0 Å². The van der Waals surface area contributed by atoms with Crippen LogP contribution in [0.3, 0.4) is 0 Å². The van der Waals surface area contributed by atoms with Crippen molar-refractivity contribution in [3.05, 3.63) is 0 Å². The second kappa shape index (κ2) is 7.76. The van der Waals surface area contributed by atoms with Crippen LogP contribution in [0.15, 0.2) is 0 Å². The number of carboxylic acids is 1. The molecule has 0 rings (SSSR count). The molecule has 0 aliphatic carbocycles. The molecule has 0 radical (unpaired) electrons. The molecule has 0 aromatic carbocycles. The molecule has 0 aliphatic heterocycles. The topological polar surface area (TPSA) is 72.5 Å². The van der Waals surface area contributed by atoms with Crippen LogP contribution in [-0.2, 0) is 9.53 Å². The quantitative estimate of drug-likeness (QED) is 0.619. The van der Waals surface area contributed by atoms with Gasteiger partial charge in [0, 0.05) is 6.61 Å². The lowest BCUT2D eigenvalue weighted by Gasteiger charge is -2.14. The van der Waals surface area contributed by atoms with E-state index in [1.165, 1.54) is 0 Å². The molecular weight excluding hydrogens is 182 g/mol. The predicted molar refractivity (Wildman–Crippen MR) is 55.1 cm³/mol. The average molecular weight is 203 g/mol. The van der Waals surface area contributed by atoms with Gasteiger partial charge in [-0.2, -0.15) is 0 Å². The number of nitrogens with two attached hydrogens (primary N) is 1. The highest BCUT2D eigenvalue weighted by Gasteiger charge is 2.12. The van der Waals surface area contributed by atoms with Crippen LogP contribution in [0.2, 0.25) is 0 Å². The van der Waals surface area contributed by atoms with Gasteiger partial charge in [-0.1, -0.05) is 13.8 Å². The summed E-state index contributed by atoms with van der Waals surface area (Å²) in [4.78, 5) is 10.5. The lowest BCUT2D eigenvalue weighted by Crippen LogP contribution is -2.19. The highest BCUT2D eigenvalue weighted by atomic mass is 16.5. The largest absolute Gasteiger partial charge is 0.481 e. The maximum atomic E-state index is 10.5. The summed E-state index contributed by atoms with van der Waals surface area (Å²) < 4.78 is 5.39. The molecule has 0 fully saturated rings. The number of aliphatic carboxylic acids is 1. The summed E-state index contributed by atoms with van der Waals surface area (Å²) in [6.07, 6.45) is 0.861. The SMILES string of the molecule is CC(C)COC[C@H](CCN)CC(=O)O. The van der Waals surface area contributed by atoms with Crippen LogP contribution in [0, 0.1) is 11.8 Å². The van der Waals surface area contributed by atoms with Crippen LogP contribution in [0.5, 0.6) is 0 Å². The monoisotopic (exact) mass is 203 g/mol. The van der Waals surface area contributed by atoms with Gasteiger partial charge in [-0.05, 0) is 24.8 Å². The summed E-state index contributed by atoms with van der Waals surface area (Å²) >= 11 is 0. The molecule has 0 bridgehead atoms. The third kappa shape index (κ3) is 8.01. The van der Waals surface area contributed by atoms with Gasteiger partial charge in [-0.25, -0.2) is 0 Å². The molecule has 84 valence electrons. The molecule has 14 heavy (non-hydrogen) atoms. The summed E-state index contributed by atoms with van der Waals surface area (Å²) in [6.45, 7) is 5.83. The number of carbonyl (C=O) groups is 1. The third-order valence-corrected chi connectivity index (χ3v) is 1.84. The molecule has 0 saturated carbocycles. The zero-order valence-electron chi connectivity index (χ0n) is 9.03. The minimum absolute atomic E-state index is 0.0521. The van der Waals surface area contributed by atoms with Gasteiger partial charge in [-0.15, -0.1) is 0 Å². The first-order valence-corrected chi connectivity index (χ1v) is 5.05. The first-order chi connectivity index (χ1) is 6.56. The van der Waals surface area contributed by atoms with Gasteiger partial charge in [0.1, 0.15) is 0 Å². The standard InChI is InChI=1S/C10H21NO3/c1-8(2)6-14-7-9(3-4-11)5-10(12)13/h8-9H,3-7,11H2,1-2H3,(H,12,13)/t9-/m1/s1. The van der Waals surface area contributed by atoms with Gasteiger partial charge in [0.05, 0.1) is 13.0 Å². The van der Waals surface area contributed by atoms with Crippen molar-refractivity contribution >= 4 is 5.97 Å². The molecule has 0 aromatic heterocycles. The van der Waals surface area contributed by atoms with Crippen LogP contribution >= 0.6 is 0 Å². The number of carboxylic acid groups (broad SMARTS) is 1. The molecule has 3 N–H and O–H groups in total.